The van der Waals surface area contributed by atoms with Gasteiger partial charge in [-0.3, -0.25) is 0 Å². The van der Waals surface area contributed by atoms with Crippen molar-refractivity contribution in [1.82, 2.24) is 35.5 Å². The molecule has 2 aromatic heterocycles. The zero-order valence-electron chi connectivity index (χ0n) is 16.5. The molecule has 9 nitrogen and oxygen atoms in total. The highest BCUT2D eigenvalue weighted by atomic mass is 35.5. The number of aromatic nitrogens is 6. The maximum atomic E-state index is 10.5. The van der Waals surface area contributed by atoms with Crippen LogP contribution in [0.1, 0.15) is 18.5 Å². The van der Waals surface area contributed by atoms with Gasteiger partial charge in [0.05, 0.1) is 23.8 Å². The molecule has 1 saturated heterocycles. The molecular weight excluding hydrogens is 427 g/mol. The third-order valence-corrected chi connectivity index (χ3v) is 5.32. The molecule has 1 aliphatic carbocycles. The summed E-state index contributed by atoms with van der Waals surface area (Å²) in [4.78, 5) is 8.17. The quantitative estimate of drug-likeness (QED) is 0.622. The Morgan fingerprint density at radius 1 is 1.13 bits per heavy atom. The lowest BCUT2D eigenvalue weighted by Gasteiger charge is -2.33. The van der Waals surface area contributed by atoms with Crippen molar-refractivity contribution in [2.75, 3.05) is 24.5 Å². The van der Waals surface area contributed by atoms with E-state index in [-0.39, 0.29) is 30.6 Å². The van der Waals surface area contributed by atoms with E-state index in [4.69, 9.17) is 0 Å². The molecular formula is C19H24Cl2N8O. The molecule has 0 unspecified atom stereocenters. The molecule has 0 radical (unpaired) electrons. The SMILES string of the molecule is Cc1cnn(-c2ccc(-c3cnc(N4CCN[C@H](C5CC5)C4)nn3)c(O)c2)n1.Cl.Cl. The Bertz CT molecular complexity index is 992. The van der Waals surface area contributed by atoms with Crippen LogP contribution >= 0.6 is 24.8 Å². The Balaban J connectivity index is 0.00000128. The maximum Gasteiger partial charge on any atom is 0.245 e. The zero-order valence-corrected chi connectivity index (χ0v) is 18.1. The number of hydrogen-bond donors (Lipinski definition) is 2. The Kier molecular flexibility index (Phi) is 6.74. The monoisotopic (exact) mass is 450 g/mol. The largest absolute Gasteiger partial charge is 0.507 e. The molecule has 1 aromatic carbocycles. The zero-order chi connectivity index (χ0) is 19.1. The second-order valence-electron chi connectivity index (χ2n) is 7.46. The average Bonchev–Trinajstić information content (AvgIpc) is 3.49. The molecule has 0 amide bonds. The van der Waals surface area contributed by atoms with Gasteiger partial charge < -0.3 is 15.3 Å². The fraction of sp³-hybridized carbons (Fsp3) is 0.421. The van der Waals surface area contributed by atoms with Gasteiger partial charge in [-0.05, 0) is 37.8 Å². The van der Waals surface area contributed by atoms with Gasteiger partial charge in [-0.1, -0.05) is 0 Å². The molecule has 2 N–H and O–H groups in total. The second kappa shape index (κ2) is 9.11. The van der Waals surface area contributed by atoms with Crippen LogP contribution in [0.5, 0.6) is 5.75 Å². The van der Waals surface area contributed by atoms with Crippen LogP contribution in [-0.4, -0.2) is 61.0 Å². The van der Waals surface area contributed by atoms with Crippen molar-refractivity contribution in [3.8, 4) is 22.7 Å². The first-order valence-corrected chi connectivity index (χ1v) is 9.58. The molecule has 5 rings (SSSR count). The van der Waals surface area contributed by atoms with Crippen LogP contribution in [0.2, 0.25) is 0 Å². The molecule has 2 aliphatic rings. The molecule has 1 aliphatic heterocycles. The van der Waals surface area contributed by atoms with Crippen LogP contribution in [-0.2, 0) is 0 Å². The minimum absolute atomic E-state index is 0. The Hall–Kier alpha value is -2.49. The molecule has 2 fully saturated rings. The van der Waals surface area contributed by atoms with Crippen LogP contribution in [0, 0.1) is 12.8 Å². The minimum atomic E-state index is 0. The first-order valence-electron chi connectivity index (χ1n) is 9.58. The number of aromatic hydroxyl groups is 1. The smallest absolute Gasteiger partial charge is 0.245 e. The fourth-order valence-electron chi connectivity index (χ4n) is 3.64. The lowest BCUT2D eigenvalue weighted by atomic mass is 10.1. The average molecular weight is 451 g/mol. The maximum absolute atomic E-state index is 10.5. The van der Waals surface area contributed by atoms with Crippen molar-refractivity contribution in [1.29, 1.82) is 0 Å². The molecule has 0 spiro atoms. The third kappa shape index (κ3) is 4.48. The Morgan fingerprint density at radius 3 is 2.60 bits per heavy atom. The van der Waals surface area contributed by atoms with Crippen LogP contribution in [0.25, 0.3) is 16.9 Å². The summed E-state index contributed by atoms with van der Waals surface area (Å²) in [6.07, 6.45) is 5.96. The number of phenolic OH excluding ortho intramolecular Hbond substituents is 1. The van der Waals surface area contributed by atoms with E-state index in [0.717, 1.165) is 31.2 Å². The fourth-order valence-corrected chi connectivity index (χ4v) is 3.64. The van der Waals surface area contributed by atoms with Crippen molar-refractivity contribution >= 4 is 30.8 Å². The summed E-state index contributed by atoms with van der Waals surface area (Å²) in [6, 6.07) is 5.75. The minimum Gasteiger partial charge on any atom is -0.507 e. The summed E-state index contributed by atoms with van der Waals surface area (Å²) in [5.41, 5.74) is 2.60. The summed E-state index contributed by atoms with van der Waals surface area (Å²) in [5.74, 6) is 1.52. The number of benzene rings is 1. The van der Waals surface area contributed by atoms with E-state index in [1.165, 1.54) is 17.6 Å². The van der Waals surface area contributed by atoms with Gasteiger partial charge in [0, 0.05) is 37.3 Å². The van der Waals surface area contributed by atoms with Gasteiger partial charge in [0.25, 0.3) is 0 Å². The third-order valence-electron chi connectivity index (χ3n) is 5.32. The first-order chi connectivity index (χ1) is 13.7. The Morgan fingerprint density at radius 2 is 1.97 bits per heavy atom. The van der Waals surface area contributed by atoms with Crippen molar-refractivity contribution in [2.45, 2.75) is 25.8 Å². The molecule has 30 heavy (non-hydrogen) atoms. The number of halogens is 2. The highest BCUT2D eigenvalue weighted by Gasteiger charge is 2.34. The van der Waals surface area contributed by atoms with E-state index < -0.39 is 0 Å². The van der Waals surface area contributed by atoms with Gasteiger partial charge in [-0.25, -0.2) is 4.98 Å². The number of phenols is 1. The van der Waals surface area contributed by atoms with Crippen molar-refractivity contribution < 1.29 is 5.11 Å². The normalized spacial score (nSPS) is 18.4. The van der Waals surface area contributed by atoms with Gasteiger partial charge in [0.1, 0.15) is 11.4 Å². The van der Waals surface area contributed by atoms with Crippen LogP contribution in [0.4, 0.5) is 5.95 Å². The number of nitrogens with one attached hydrogen (secondary N) is 1. The number of piperazine rings is 1. The van der Waals surface area contributed by atoms with E-state index in [1.54, 1.807) is 24.5 Å². The van der Waals surface area contributed by atoms with Crippen molar-refractivity contribution in [3.63, 3.8) is 0 Å². The summed E-state index contributed by atoms with van der Waals surface area (Å²) < 4.78 is 0. The molecule has 1 saturated carbocycles. The lowest BCUT2D eigenvalue weighted by Crippen LogP contribution is -2.52. The van der Waals surface area contributed by atoms with E-state index in [9.17, 15) is 5.11 Å². The number of nitrogens with zero attached hydrogens (tertiary/aromatic N) is 7. The van der Waals surface area contributed by atoms with E-state index >= 15 is 0 Å². The van der Waals surface area contributed by atoms with E-state index in [1.807, 2.05) is 13.0 Å². The number of rotatable bonds is 4. The van der Waals surface area contributed by atoms with Gasteiger partial charge in [0.15, 0.2) is 0 Å². The van der Waals surface area contributed by atoms with Crippen molar-refractivity contribution in [2.24, 2.45) is 5.92 Å². The van der Waals surface area contributed by atoms with Crippen LogP contribution in [0.15, 0.2) is 30.6 Å². The lowest BCUT2D eigenvalue weighted by molar-refractivity contribution is 0.414. The molecule has 11 heteroatoms. The number of hydrogen-bond acceptors (Lipinski definition) is 8. The van der Waals surface area contributed by atoms with Gasteiger partial charge in [-0.15, -0.1) is 35.0 Å². The highest BCUT2D eigenvalue weighted by molar-refractivity contribution is 5.85. The second-order valence-corrected chi connectivity index (χ2v) is 7.46. The summed E-state index contributed by atoms with van der Waals surface area (Å²) in [6.45, 7) is 4.60. The predicted octanol–water partition coefficient (Wildman–Crippen LogP) is 2.17. The predicted molar refractivity (Wildman–Crippen MR) is 118 cm³/mol. The summed E-state index contributed by atoms with van der Waals surface area (Å²) in [7, 11) is 0. The van der Waals surface area contributed by atoms with Crippen LogP contribution < -0.4 is 10.2 Å². The standard InChI is InChI=1S/C19H22N8O.2ClH/c1-12-9-22-27(25-12)14-4-5-15(18(28)8-14)16-10-21-19(24-23-16)26-7-6-20-17(11-26)13-2-3-13;;/h4-5,8-10,13,17,20,28H,2-3,6-7,11H2,1H3;2*1H/t17-;;/m0../s1. The van der Waals surface area contributed by atoms with E-state index in [2.05, 4.69) is 35.6 Å². The molecule has 160 valence electrons. The Labute approximate surface area is 186 Å². The molecule has 3 aromatic rings. The molecule has 1 atom stereocenters. The number of anilines is 1. The van der Waals surface area contributed by atoms with Crippen LogP contribution in [0.3, 0.4) is 0 Å². The van der Waals surface area contributed by atoms with Crippen molar-refractivity contribution in [3.05, 3.63) is 36.3 Å². The van der Waals surface area contributed by atoms with E-state index in [0.29, 0.717) is 28.9 Å². The summed E-state index contributed by atoms with van der Waals surface area (Å²) >= 11 is 0. The van der Waals surface area contributed by atoms with Gasteiger partial charge in [0.2, 0.25) is 5.95 Å². The highest BCUT2D eigenvalue weighted by Crippen LogP contribution is 2.34. The van der Waals surface area contributed by atoms with Gasteiger partial charge in [-0.2, -0.15) is 15.0 Å². The topological polar surface area (TPSA) is 105 Å². The number of aryl methyl sites for hydroxylation is 1. The van der Waals surface area contributed by atoms with Gasteiger partial charge >= 0.3 is 0 Å². The first kappa shape index (κ1) is 22.2. The molecule has 0 bridgehead atoms. The summed E-state index contributed by atoms with van der Waals surface area (Å²) in [5, 5.41) is 31.1. The molecule has 3 heterocycles.